The average molecular weight is 241 g/mol. The number of aryl methyl sites for hydroxylation is 1. The zero-order chi connectivity index (χ0) is 13.4. The average Bonchev–Trinajstić information content (AvgIpc) is 2.57. The Bertz CT molecular complexity index is 507. The fourth-order valence-corrected chi connectivity index (χ4v) is 2.77. The number of hydrogen-bond donors (Lipinski definition) is 0. The maximum absolute atomic E-state index is 12.4. The van der Waals surface area contributed by atoms with Gasteiger partial charge < -0.3 is 0 Å². The summed E-state index contributed by atoms with van der Waals surface area (Å²) < 4.78 is 0. The Hall–Kier alpha value is -1.62. The van der Waals surface area contributed by atoms with Gasteiger partial charge in [0.2, 0.25) is 0 Å². The number of carbonyl (C=O) groups is 1. The predicted octanol–water partition coefficient (Wildman–Crippen LogP) is 3.44. The summed E-state index contributed by atoms with van der Waals surface area (Å²) >= 11 is 0. The number of nitrogens with zero attached hydrogens (tertiary/aromatic N) is 1. The molecule has 0 radical (unpaired) electrons. The second-order valence-corrected chi connectivity index (χ2v) is 6.07. The van der Waals surface area contributed by atoms with E-state index in [1.807, 2.05) is 45.0 Å². The van der Waals surface area contributed by atoms with Gasteiger partial charge >= 0.3 is 0 Å². The van der Waals surface area contributed by atoms with Crippen LogP contribution in [0.3, 0.4) is 0 Å². The first-order valence-electron chi connectivity index (χ1n) is 6.41. The van der Waals surface area contributed by atoms with Crippen molar-refractivity contribution in [1.82, 2.24) is 0 Å². The number of benzene rings is 1. The summed E-state index contributed by atoms with van der Waals surface area (Å²) in [6, 6.07) is 10.4. The van der Waals surface area contributed by atoms with Gasteiger partial charge in [-0.15, -0.1) is 0 Å². The van der Waals surface area contributed by atoms with Gasteiger partial charge in [0.1, 0.15) is 5.41 Å². The molecule has 1 aromatic rings. The fourth-order valence-electron chi connectivity index (χ4n) is 2.77. The summed E-state index contributed by atoms with van der Waals surface area (Å²) in [7, 11) is 0. The highest BCUT2D eigenvalue weighted by Crippen LogP contribution is 2.47. The van der Waals surface area contributed by atoms with Crippen molar-refractivity contribution in [3.8, 4) is 6.07 Å². The molecule has 2 heteroatoms. The van der Waals surface area contributed by atoms with Crippen molar-refractivity contribution in [1.29, 1.82) is 5.26 Å². The second-order valence-electron chi connectivity index (χ2n) is 6.07. The normalized spacial score (nSPS) is 26.0. The molecule has 18 heavy (non-hydrogen) atoms. The van der Waals surface area contributed by atoms with Gasteiger partial charge in [-0.3, -0.25) is 4.79 Å². The van der Waals surface area contributed by atoms with Crippen LogP contribution < -0.4 is 0 Å². The standard InChI is InChI=1S/C16H19NO/c1-12-4-6-13(7-5-12)10-16(11-17)9-8-15(2,3)14(16)18/h4-7H,8-10H2,1-3H3. The molecule has 1 aliphatic rings. The van der Waals surface area contributed by atoms with E-state index in [1.54, 1.807) is 0 Å². The molecule has 1 saturated carbocycles. The molecular weight excluding hydrogens is 222 g/mol. The van der Waals surface area contributed by atoms with E-state index >= 15 is 0 Å². The van der Waals surface area contributed by atoms with Gasteiger partial charge in [-0.05, 0) is 31.7 Å². The molecule has 2 rings (SSSR count). The third kappa shape index (κ3) is 2.06. The van der Waals surface area contributed by atoms with Crippen molar-refractivity contribution in [2.75, 3.05) is 0 Å². The molecule has 1 aromatic carbocycles. The van der Waals surface area contributed by atoms with Gasteiger partial charge in [-0.1, -0.05) is 43.7 Å². The molecule has 0 saturated heterocycles. The topological polar surface area (TPSA) is 40.9 Å². The molecule has 0 spiro atoms. The molecule has 0 aromatic heterocycles. The van der Waals surface area contributed by atoms with Crippen LogP contribution in [0, 0.1) is 29.1 Å². The monoisotopic (exact) mass is 241 g/mol. The van der Waals surface area contributed by atoms with Crippen LogP contribution in [0.4, 0.5) is 0 Å². The van der Waals surface area contributed by atoms with Crippen LogP contribution in [-0.2, 0) is 11.2 Å². The first-order chi connectivity index (χ1) is 8.39. The van der Waals surface area contributed by atoms with Gasteiger partial charge in [0.25, 0.3) is 0 Å². The van der Waals surface area contributed by atoms with Crippen molar-refractivity contribution in [2.45, 2.75) is 40.0 Å². The zero-order valence-corrected chi connectivity index (χ0v) is 11.3. The number of carbonyl (C=O) groups excluding carboxylic acids is 1. The molecule has 1 unspecified atom stereocenters. The second kappa shape index (κ2) is 4.24. The molecule has 1 aliphatic carbocycles. The van der Waals surface area contributed by atoms with Gasteiger partial charge in [0, 0.05) is 5.41 Å². The van der Waals surface area contributed by atoms with Crippen LogP contribution in [0.15, 0.2) is 24.3 Å². The van der Waals surface area contributed by atoms with Crippen molar-refractivity contribution >= 4 is 5.78 Å². The lowest BCUT2D eigenvalue weighted by atomic mass is 9.77. The van der Waals surface area contributed by atoms with Crippen LogP contribution in [-0.4, -0.2) is 5.78 Å². The van der Waals surface area contributed by atoms with Crippen molar-refractivity contribution in [3.63, 3.8) is 0 Å². The summed E-state index contributed by atoms with van der Waals surface area (Å²) in [5.41, 5.74) is 1.12. The van der Waals surface area contributed by atoms with Crippen molar-refractivity contribution in [2.24, 2.45) is 10.8 Å². The number of ketones is 1. The lowest BCUT2D eigenvalue weighted by Crippen LogP contribution is -2.33. The van der Waals surface area contributed by atoms with E-state index in [-0.39, 0.29) is 11.2 Å². The first kappa shape index (κ1) is 12.8. The van der Waals surface area contributed by atoms with Crippen LogP contribution in [0.5, 0.6) is 0 Å². The first-order valence-corrected chi connectivity index (χ1v) is 6.41. The van der Waals surface area contributed by atoms with E-state index in [9.17, 15) is 10.1 Å². The minimum Gasteiger partial charge on any atom is -0.297 e. The quantitative estimate of drug-likeness (QED) is 0.795. The molecule has 0 bridgehead atoms. The maximum atomic E-state index is 12.4. The minimum atomic E-state index is -0.807. The Morgan fingerprint density at radius 2 is 1.83 bits per heavy atom. The van der Waals surface area contributed by atoms with Crippen molar-refractivity contribution < 1.29 is 4.79 Å². The molecule has 2 nitrogen and oxygen atoms in total. The molecule has 1 fully saturated rings. The Morgan fingerprint density at radius 1 is 1.22 bits per heavy atom. The Balaban J connectivity index is 2.29. The highest BCUT2D eigenvalue weighted by Gasteiger charge is 2.52. The molecule has 0 N–H and O–H groups in total. The van der Waals surface area contributed by atoms with Crippen LogP contribution in [0.25, 0.3) is 0 Å². The van der Waals surface area contributed by atoms with Gasteiger partial charge in [0.05, 0.1) is 6.07 Å². The van der Waals surface area contributed by atoms with E-state index < -0.39 is 5.41 Å². The van der Waals surface area contributed by atoms with Crippen LogP contribution in [0.1, 0.15) is 37.8 Å². The lowest BCUT2D eigenvalue weighted by molar-refractivity contribution is -0.130. The smallest absolute Gasteiger partial charge is 0.158 e. The number of rotatable bonds is 2. The minimum absolute atomic E-state index is 0.109. The lowest BCUT2D eigenvalue weighted by Gasteiger charge is -2.22. The SMILES string of the molecule is Cc1ccc(CC2(C#N)CCC(C)(C)C2=O)cc1. The number of Topliss-reactive ketones (excluding diaryl/α,β-unsaturated/α-hetero) is 1. The van der Waals surface area contributed by atoms with Gasteiger partial charge in [-0.25, -0.2) is 0 Å². The largest absolute Gasteiger partial charge is 0.297 e. The molecule has 94 valence electrons. The van der Waals surface area contributed by atoms with E-state index in [0.717, 1.165) is 12.0 Å². The molecule has 1 atom stereocenters. The molecular formula is C16H19NO. The summed E-state index contributed by atoms with van der Waals surface area (Å²) in [5.74, 6) is 0.109. The van der Waals surface area contributed by atoms with Gasteiger partial charge in [-0.2, -0.15) is 5.26 Å². The van der Waals surface area contributed by atoms with E-state index in [4.69, 9.17) is 0 Å². The zero-order valence-electron chi connectivity index (χ0n) is 11.3. The van der Waals surface area contributed by atoms with Gasteiger partial charge in [0.15, 0.2) is 5.78 Å². The molecule has 0 aliphatic heterocycles. The van der Waals surface area contributed by atoms with Crippen LogP contribution in [0.2, 0.25) is 0 Å². The Kier molecular flexibility index (Phi) is 3.02. The highest BCUT2D eigenvalue weighted by atomic mass is 16.1. The Morgan fingerprint density at radius 3 is 2.28 bits per heavy atom. The summed E-state index contributed by atoms with van der Waals surface area (Å²) in [6.45, 7) is 5.93. The third-order valence-corrected chi connectivity index (χ3v) is 4.07. The van der Waals surface area contributed by atoms with E-state index in [2.05, 4.69) is 6.07 Å². The van der Waals surface area contributed by atoms with E-state index in [0.29, 0.717) is 12.8 Å². The molecule has 0 heterocycles. The Labute approximate surface area is 109 Å². The summed E-state index contributed by atoms with van der Waals surface area (Å²) in [4.78, 5) is 12.4. The third-order valence-electron chi connectivity index (χ3n) is 4.07. The van der Waals surface area contributed by atoms with Crippen molar-refractivity contribution in [3.05, 3.63) is 35.4 Å². The summed E-state index contributed by atoms with van der Waals surface area (Å²) in [6.07, 6.45) is 2.04. The van der Waals surface area contributed by atoms with Crippen LogP contribution >= 0.6 is 0 Å². The highest BCUT2D eigenvalue weighted by molar-refractivity contribution is 5.94. The number of nitriles is 1. The number of hydrogen-bond acceptors (Lipinski definition) is 2. The fraction of sp³-hybridized carbons (Fsp3) is 0.500. The predicted molar refractivity (Wildman–Crippen MR) is 71.0 cm³/mol. The molecule has 0 amide bonds. The maximum Gasteiger partial charge on any atom is 0.158 e. The summed E-state index contributed by atoms with van der Waals surface area (Å²) in [5, 5.41) is 9.46. The van der Waals surface area contributed by atoms with E-state index in [1.165, 1.54) is 5.56 Å².